The normalized spacial score (nSPS) is 32.5. The summed E-state index contributed by atoms with van der Waals surface area (Å²) in [5.74, 6) is -1.51. The summed E-state index contributed by atoms with van der Waals surface area (Å²) in [6.45, 7) is 1.12. The molecule has 4 aliphatic rings. The first-order chi connectivity index (χ1) is 13.9. The highest BCUT2D eigenvalue weighted by Crippen LogP contribution is 2.49. The van der Waals surface area contributed by atoms with Gasteiger partial charge in [-0.15, -0.1) is 0 Å². The average Bonchev–Trinajstić information content (AvgIpc) is 3.23. The molecule has 2 amide bonds. The van der Waals surface area contributed by atoms with Crippen LogP contribution in [0.15, 0.2) is 18.2 Å². The van der Waals surface area contributed by atoms with Crippen LogP contribution in [0.2, 0.25) is 0 Å². The van der Waals surface area contributed by atoms with Gasteiger partial charge >= 0.3 is 0 Å². The molecule has 6 nitrogen and oxygen atoms in total. The number of aromatic hydroxyl groups is 1. The first kappa shape index (κ1) is 18.8. The van der Waals surface area contributed by atoms with Crippen LogP contribution in [0.4, 0.5) is 8.78 Å². The van der Waals surface area contributed by atoms with Gasteiger partial charge in [0.2, 0.25) is 5.91 Å². The highest BCUT2D eigenvalue weighted by atomic mass is 19.1. The Kier molecular flexibility index (Phi) is 4.31. The molecule has 3 aliphatic heterocycles. The van der Waals surface area contributed by atoms with Crippen molar-refractivity contribution >= 4 is 11.8 Å². The highest BCUT2D eigenvalue weighted by Gasteiger charge is 2.57. The molecule has 1 aromatic carbocycles. The summed E-state index contributed by atoms with van der Waals surface area (Å²) in [7, 11) is 0. The predicted molar refractivity (Wildman–Crippen MR) is 98.5 cm³/mol. The summed E-state index contributed by atoms with van der Waals surface area (Å²) < 4.78 is 33.0. The van der Waals surface area contributed by atoms with Gasteiger partial charge in [-0.25, -0.2) is 8.78 Å². The zero-order valence-corrected chi connectivity index (χ0v) is 16.0. The van der Waals surface area contributed by atoms with E-state index in [0.29, 0.717) is 44.7 Å². The Labute approximate surface area is 167 Å². The summed E-state index contributed by atoms with van der Waals surface area (Å²) >= 11 is 0. The second kappa shape index (κ2) is 6.65. The lowest BCUT2D eigenvalue weighted by molar-refractivity contribution is -0.140. The van der Waals surface area contributed by atoms with E-state index in [1.165, 1.54) is 6.07 Å². The molecule has 1 aliphatic carbocycles. The summed E-state index contributed by atoms with van der Waals surface area (Å²) in [6.07, 6.45) is 2.16. The van der Waals surface area contributed by atoms with Crippen LogP contribution < -0.4 is 0 Å². The van der Waals surface area contributed by atoms with Crippen molar-refractivity contribution in [2.45, 2.75) is 56.0 Å². The molecular weight excluding hydrogens is 382 g/mol. The van der Waals surface area contributed by atoms with Gasteiger partial charge in [-0.05, 0) is 49.8 Å². The second-order valence-corrected chi connectivity index (χ2v) is 8.81. The Morgan fingerprint density at radius 1 is 1.21 bits per heavy atom. The summed E-state index contributed by atoms with van der Waals surface area (Å²) in [4.78, 5) is 29.6. The number of likely N-dealkylation sites (tertiary alicyclic amines) is 2. The number of fused-ring (bicyclic) bond motifs is 1. The van der Waals surface area contributed by atoms with Gasteiger partial charge in [0.15, 0.2) is 11.6 Å². The van der Waals surface area contributed by atoms with E-state index in [1.54, 1.807) is 9.80 Å². The third-order valence-corrected chi connectivity index (χ3v) is 6.97. The fraction of sp³-hybridized carbons (Fsp3) is 0.619. The lowest BCUT2D eigenvalue weighted by Crippen LogP contribution is -2.53. The number of nitrogens with zero attached hydrogens (tertiary/aromatic N) is 2. The van der Waals surface area contributed by atoms with Crippen LogP contribution in [-0.2, 0) is 9.53 Å². The number of rotatable bonds is 2. The lowest BCUT2D eigenvalue weighted by Gasteiger charge is -2.40. The zero-order chi connectivity index (χ0) is 20.3. The summed E-state index contributed by atoms with van der Waals surface area (Å²) in [5, 5.41) is 9.37. The van der Waals surface area contributed by atoms with Crippen LogP contribution in [-0.4, -0.2) is 70.3 Å². The van der Waals surface area contributed by atoms with Crippen molar-refractivity contribution in [2.24, 2.45) is 5.92 Å². The molecular formula is C21H24F2N2O4. The van der Waals surface area contributed by atoms with Gasteiger partial charge in [0.05, 0.1) is 12.2 Å². The molecule has 4 atom stereocenters. The first-order valence-electron chi connectivity index (χ1n) is 10.2. The number of hydrogen-bond acceptors (Lipinski definition) is 4. The molecule has 0 aromatic heterocycles. The van der Waals surface area contributed by atoms with Crippen molar-refractivity contribution in [3.63, 3.8) is 0 Å². The zero-order valence-electron chi connectivity index (χ0n) is 16.0. The Morgan fingerprint density at radius 2 is 1.97 bits per heavy atom. The third-order valence-electron chi connectivity index (χ3n) is 6.97. The number of piperidine rings is 2. The molecule has 0 radical (unpaired) electrons. The molecule has 29 heavy (non-hydrogen) atoms. The summed E-state index contributed by atoms with van der Waals surface area (Å²) in [5.41, 5.74) is -0.316. The molecule has 8 heteroatoms. The van der Waals surface area contributed by atoms with E-state index in [4.69, 9.17) is 4.74 Å². The molecule has 4 fully saturated rings. The topological polar surface area (TPSA) is 70.1 Å². The minimum atomic E-state index is -0.932. The smallest absolute Gasteiger partial charge is 0.254 e. The molecule has 3 heterocycles. The van der Waals surface area contributed by atoms with E-state index in [2.05, 4.69) is 0 Å². The summed E-state index contributed by atoms with van der Waals surface area (Å²) in [6, 6.07) is 3.03. The van der Waals surface area contributed by atoms with E-state index in [-0.39, 0.29) is 30.0 Å². The predicted octanol–water partition coefficient (Wildman–Crippen LogP) is 2.25. The van der Waals surface area contributed by atoms with Crippen molar-refractivity contribution in [3.05, 3.63) is 29.6 Å². The van der Waals surface area contributed by atoms with Crippen LogP contribution in [0.25, 0.3) is 0 Å². The van der Waals surface area contributed by atoms with E-state index < -0.39 is 29.4 Å². The van der Waals surface area contributed by atoms with Gasteiger partial charge in [0.25, 0.3) is 5.91 Å². The quantitative estimate of drug-likeness (QED) is 0.818. The van der Waals surface area contributed by atoms with Crippen LogP contribution in [0.5, 0.6) is 5.75 Å². The minimum Gasteiger partial charge on any atom is -0.505 e. The van der Waals surface area contributed by atoms with Gasteiger partial charge < -0.3 is 19.6 Å². The fourth-order valence-electron chi connectivity index (χ4n) is 5.24. The van der Waals surface area contributed by atoms with Gasteiger partial charge in [0.1, 0.15) is 12.2 Å². The molecule has 1 saturated carbocycles. The average molecular weight is 406 g/mol. The Balaban J connectivity index is 1.29. The number of hydrogen-bond donors (Lipinski definition) is 1. The first-order valence-corrected chi connectivity index (χ1v) is 10.2. The maximum atomic E-state index is 13.7. The molecule has 0 bridgehead atoms. The molecule has 156 valence electrons. The van der Waals surface area contributed by atoms with Crippen LogP contribution in [0.1, 0.15) is 42.5 Å². The maximum absolute atomic E-state index is 13.7. The third kappa shape index (κ3) is 3.17. The lowest BCUT2D eigenvalue weighted by atomic mass is 9.88. The largest absolute Gasteiger partial charge is 0.505 e. The van der Waals surface area contributed by atoms with E-state index in [0.717, 1.165) is 18.6 Å². The van der Waals surface area contributed by atoms with E-state index in [1.807, 2.05) is 0 Å². The van der Waals surface area contributed by atoms with Crippen LogP contribution in [0, 0.1) is 11.7 Å². The van der Waals surface area contributed by atoms with Crippen molar-refractivity contribution < 1.29 is 28.2 Å². The number of ether oxygens (including phenoxy) is 1. The number of halogens is 2. The van der Waals surface area contributed by atoms with E-state index in [9.17, 15) is 23.5 Å². The number of carbonyl (C=O) groups excluding carboxylic acids is 2. The number of phenolic OH excluding ortho intramolecular Hbond substituents is 1. The molecule has 1 aromatic rings. The molecule has 5 rings (SSSR count). The minimum absolute atomic E-state index is 0.0231. The number of carbonyl (C=O) groups is 2. The monoisotopic (exact) mass is 406 g/mol. The standard InChI is InChI=1S/C21H24F2N2O4/c22-14-10-21(29-11-14)3-5-24(6-4-21)20(28)17-9-13-8-16(13)25(17)19(27)12-1-2-18(26)15(23)7-12/h1-2,7,13-14,16-17,26H,3-6,8-11H2/t13-,14?,16-,17+/m1/s1. The fourth-order valence-corrected chi connectivity index (χ4v) is 5.24. The van der Waals surface area contributed by atoms with Crippen LogP contribution in [0.3, 0.4) is 0 Å². The second-order valence-electron chi connectivity index (χ2n) is 8.81. The van der Waals surface area contributed by atoms with Crippen molar-refractivity contribution in [1.82, 2.24) is 9.80 Å². The van der Waals surface area contributed by atoms with E-state index >= 15 is 0 Å². The SMILES string of the molecule is O=C([C@@H]1C[C@H]2C[C@H]2N1C(=O)c1ccc(O)c(F)c1)N1CCC2(CC1)CC(F)CO2. The number of benzene rings is 1. The van der Waals surface area contributed by atoms with Crippen molar-refractivity contribution in [2.75, 3.05) is 19.7 Å². The number of phenols is 1. The highest BCUT2D eigenvalue weighted by molar-refractivity contribution is 5.98. The van der Waals surface area contributed by atoms with Gasteiger partial charge in [-0.1, -0.05) is 0 Å². The Hall–Kier alpha value is -2.22. The van der Waals surface area contributed by atoms with Crippen molar-refractivity contribution in [1.29, 1.82) is 0 Å². The van der Waals surface area contributed by atoms with Crippen molar-refractivity contribution in [3.8, 4) is 5.75 Å². The molecule has 1 N–H and O–H groups in total. The Bertz CT molecular complexity index is 855. The Morgan fingerprint density at radius 3 is 2.62 bits per heavy atom. The number of amides is 2. The molecule has 3 saturated heterocycles. The number of alkyl halides is 1. The van der Waals surface area contributed by atoms with Gasteiger partial charge in [-0.3, -0.25) is 9.59 Å². The van der Waals surface area contributed by atoms with Crippen LogP contribution >= 0.6 is 0 Å². The molecule has 1 unspecified atom stereocenters. The van der Waals surface area contributed by atoms with Gasteiger partial charge in [-0.2, -0.15) is 0 Å². The molecule has 1 spiro atoms. The van der Waals surface area contributed by atoms with Gasteiger partial charge in [0, 0.05) is 31.1 Å². The maximum Gasteiger partial charge on any atom is 0.254 e.